The van der Waals surface area contributed by atoms with Gasteiger partial charge in [-0.3, -0.25) is 9.78 Å². The molecule has 1 aliphatic carbocycles. The van der Waals surface area contributed by atoms with Crippen LogP contribution in [0.2, 0.25) is 0 Å². The van der Waals surface area contributed by atoms with Crippen molar-refractivity contribution in [1.29, 1.82) is 0 Å². The monoisotopic (exact) mass is 364 g/mol. The molecule has 3 rings (SSSR count). The maximum atomic E-state index is 13.2. The molecule has 0 saturated heterocycles. The largest absolute Gasteiger partial charge is 0.478 e. The number of halogens is 3. The van der Waals surface area contributed by atoms with Crippen LogP contribution in [0.1, 0.15) is 44.8 Å². The molecule has 1 aromatic carbocycles. The Bertz CT molecular complexity index is 848. The molecule has 1 heterocycles. The van der Waals surface area contributed by atoms with Gasteiger partial charge in [0, 0.05) is 18.8 Å². The van der Waals surface area contributed by atoms with E-state index in [0.717, 1.165) is 12.1 Å². The van der Waals surface area contributed by atoms with Crippen molar-refractivity contribution < 1.29 is 27.9 Å². The number of hydrogen-bond donors (Lipinski definition) is 1. The van der Waals surface area contributed by atoms with Gasteiger partial charge in [0.05, 0.1) is 11.1 Å². The molecule has 136 valence electrons. The number of carboxylic acids is 1. The molecule has 8 heteroatoms. The molecule has 0 spiro atoms. The lowest BCUT2D eigenvalue weighted by molar-refractivity contribution is -0.138. The third-order valence-electron chi connectivity index (χ3n) is 4.14. The van der Waals surface area contributed by atoms with Crippen LogP contribution < -0.4 is 0 Å². The minimum Gasteiger partial charge on any atom is -0.478 e. The van der Waals surface area contributed by atoms with Crippen molar-refractivity contribution in [3.8, 4) is 0 Å². The summed E-state index contributed by atoms with van der Waals surface area (Å²) in [7, 11) is 0. The van der Waals surface area contributed by atoms with Crippen LogP contribution in [0, 0.1) is 0 Å². The van der Waals surface area contributed by atoms with Gasteiger partial charge in [-0.25, -0.2) is 4.79 Å². The minimum atomic E-state index is -4.52. The minimum absolute atomic E-state index is 0.00496. The van der Waals surface area contributed by atoms with E-state index in [2.05, 4.69) is 4.98 Å². The van der Waals surface area contributed by atoms with E-state index in [9.17, 15) is 22.8 Å². The van der Waals surface area contributed by atoms with E-state index in [1.807, 2.05) is 0 Å². The van der Waals surface area contributed by atoms with E-state index in [1.54, 1.807) is 0 Å². The van der Waals surface area contributed by atoms with Crippen molar-refractivity contribution in [3.63, 3.8) is 0 Å². The van der Waals surface area contributed by atoms with Crippen LogP contribution in [0.15, 0.2) is 42.6 Å². The maximum Gasteiger partial charge on any atom is 0.416 e. The maximum absolute atomic E-state index is 13.2. The molecule has 0 radical (unpaired) electrons. The normalized spacial score (nSPS) is 14.1. The number of carbonyl (C=O) groups is 2. The van der Waals surface area contributed by atoms with Crippen molar-refractivity contribution in [2.75, 3.05) is 0 Å². The summed E-state index contributed by atoms with van der Waals surface area (Å²) in [6, 6.07) is 7.33. The molecule has 1 fully saturated rings. The average molecular weight is 364 g/mol. The fraction of sp³-hybridized carbons (Fsp3) is 0.278. The van der Waals surface area contributed by atoms with Gasteiger partial charge < -0.3 is 10.0 Å². The molecule has 0 aliphatic heterocycles. The summed E-state index contributed by atoms with van der Waals surface area (Å²) in [6.07, 6.45) is -1.93. The van der Waals surface area contributed by atoms with Crippen LogP contribution in [-0.2, 0) is 12.7 Å². The second-order valence-electron chi connectivity index (χ2n) is 6.05. The van der Waals surface area contributed by atoms with E-state index in [-0.39, 0.29) is 29.4 Å². The topological polar surface area (TPSA) is 70.5 Å². The van der Waals surface area contributed by atoms with Gasteiger partial charge in [0.2, 0.25) is 0 Å². The van der Waals surface area contributed by atoms with Gasteiger partial charge in [0.15, 0.2) is 0 Å². The molecule has 1 saturated carbocycles. The van der Waals surface area contributed by atoms with Gasteiger partial charge in [0.1, 0.15) is 5.69 Å². The number of pyridine rings is 1. The van der Waals surface area contributed by atoms with Crippen molar-refractivity contribution in [2.45, 2.75) is 31.6 Å². The fourth-order valence-corrected chi connectivity index (χ4v) is 2.70. The number of carbonyl (C=O) groups excluding carboxylic acids is 1. The molecule has 26 heavy (non-hydrogen) atoms. The zero-order valence-corrected chi connectivity index (χ0v) is 13.5. The Morgan fingerprint density at radius 2 is 1.88 bits per heavy atom. The molecule has 1 aliphatic rings. The zero-order valence-electron chi connectivity index (χ0n) is 13.5. The second kappa shape index (κ2) is 6.78. The van der Waals surface area contributed by atoms with Crippen LogP contribution in [0.5, 0.6) is 0 Å². The molecule has 1 aromatic heterocycles. The molecule has 5 nitrogen and oxygen atoms in total. The Morgan fingerprint density at radius 3 is 2.50 bits per heavy atom. The average Bonchev–Trinajstić information content (AvgIpc) is 3.43. The molecule has 0 unspecified atom stereocenters. The van der Waals surface area contributed by atoms with E-state index < -0.39 is 23.6 Å². The quantitative estimate of drug-likeness (QED) is 0.880. The van der Waals surface area contributed by atoms with Crippen LogP contribution in [0.25, 0.3) is 0 Å². The Balaban J connectivity index is 1.91. The fourth-order valence-electron chi connectivity index (χ4n) is 2.70. The Morgan fingerprint density at radius 1 is 1.19 bits per heavy atom. The summed E-state index contributed by atoms with van der Waals surface area (Å²) in [5, 5.41) is 9.03. The summed E-state index contributed by atoms with van der Waals surface area (Å²) in [5.74, 6) is -1.78. The SMILES string of the molecule is O=C(O)c1ccnc(C(=O)N(Cc2ccccc2C(F)(F)F)C2CC2)c1. The summed E-state index contributed by atoms with van der Waals surface area (Å²) in [4.78, 5) is 29.0. The lowest BCUT2D eigenvalue weighted by Gasteiger charge is -2.24. The van der Waals surface area contributed by atoms with Crippen LogP contribution in [0.4, 0.5) is 13.2 Å². The second-order valence-corrected chi connectivity index (χ2v) is 6.05. The third kappa shape index (κ3) is 3.84. The van der Waals surface area contributed by atoms with E-state index in [0.29, 0.717) is 12.8 Å². The summed E-state index contributed by atoms with van der Waals surface area (Å²) in [6.45, 7) is -0.210. The van der Waals surface area contributed by atoms with Gasteiger partial charge in [-0.15, -0.1) is 0 Å². The van der Waals surface area contributed by atoms with Crippen molar-refractivity contribution >= 4 is 11.9 Å². The number of alkyl halides is 3. The van der Waals surface area contributed by atoms with Crippen LogP contribution in [0.3, 0.4) is 0 Å². The van der Waals surface area contributed by atoms with Crippen molar-refractivity contribution in [2.24, 2.45) is 0 Å². The number of aromatic carboxylic acids is 1. The number of nitrogens with zero attached hydrogens (tertiary/aromatic N) is 2. The molecular weight excluding hydrogens is 349 g/mol. The summed E-state index contributed by atoms with van der Waals surface area (Å²) in [5.41, 5.74) is -0.989. The molecule has 1 amide bonds. The first-order chi connectivity index (χ1) is 12.3. The van der Waals surface area contributed by atoms with Gasteiger partial charge >= 0.3 is 12.1 Å². The Hall–Kier alpha value is -2.90. The molecule has 2 aromatic rings. The van der Waals surface area contributed by atoms with E-state index in [1.165, 1.54) is 35.4 Å². The lowest BCUT2D eigenvalue weighted by Crippen LogP contribution is -2.34. The smallest absolute Gasteiger partial charge is 0.416 e. The number of hydrogen-bond acceptors (Lipinski definition) is 3. The highest BCUT2D eigenvalue weighted by atomic mass is 19.4. The highest BCUT2D eigenvalue weighted by Crippen LogP contribution is 2.35. The Labute approximate surface area is 147 Å². The number of rotatable bonds is 5. The first kappa shape index (κ1) is 17.9. The third-order valence-corrected chi connectivity index (χ3v) is 4.14. The highest BCUT2D eigenvalue weighted by Gasteiger charge is 2.37. The highest BCUT2D eigenvalue weighted by molar-refractivity contribution is 5.96. The molecular formula is C18H15F3N2O3. The van der Waals surface area contributed by atoms with Crippen LogP contribution in [-0.4, -0.2) is 32.9 Å². The number of carboxylic acid groups (broad SMARTS) is 1. The van der Waals surface area contributed by atoms with Crippen LogP contribution >= 0.6 is 0 Å². The van der Waals surface area contributed by atoms with Gasteiger partial charge in [-0.2, -0.15) is 13.2 Å². The number of aromatic nitrogens is 1. The van der Waals surface area contributed by atoms with Crippen molar-refractivity contribution in [1.82, 2.24) is 9.88 Å². The Kier molecular flexibility index (Phi) is 4.67. The standard InChI is InChI=1S/C18H15F3N2O3/c19-18(20,21)14-4-2-1-3-12(14)10-23(13-5-6-13)16(24)15-9-11(17(25)26)7-8-22-15/h1-4,7-9,13H,5-6,10H2,(H,25,26). The van der Waals surface area contributed by atoms with Gasteiger partial charge in [-0.1, -0.05) is 18.2 Å². The van der Waals surface area contributed by atoms with E-state index >= 15 is 0 Å². The number of benzene rings is 1. The molecule has 0 atom stereocenters. The van der Waals surface area contributed by atoms with Gasteiger partial charge in [0.25, 0.3) is 5.91 Å². The number of amides is 1. The zero-order chi connectivity index (χ0) is 18.9. The lowest BCUT2D eigenvalue weighted by atomic mass is 10.1. The predicted octanol–water partition coefficient (Wildman–Crippen LogP) is 3.60. The first-order valence-corrected chi connectivity index (χ1v) is 7.93. The molecule has 1 N–H and O–H groups in total. The van der Waals surface area contributed by atoms with E-state index in [4.69, 9.17) is 5.11 Å². The summed E-state index contributed by atoms with van der Waals surface area (Å²) < 4.78 is 39.6. The summed E-state index contributed by atoms with van der Waals surface area (Å²) >= 11 is 0. The predicted molar refractivity (Wildman–Crippen MR) is 85.5 cm³/mol. The van der Waals surface area contributed by atoms with Gasteiger partial charge in [-0.05, 0) is 36.6 Å². The first-order valence-electron chi connectivity index (χ1n) is 7.93. The van der Waals surface area contributed by atoms with Crippen molar-refractivity contribution in [3.05, 3.63) is 65.0 Å². The molecule has 0 bridgehead atoms.